The maximum absolute atomic E-state index is 10.8. The van der Waals surface area contributed by atoms with Crippen LogP contribution in [0.25, 0.3) is 0 Å². The van der Waals surface area contributed by atoms with Crippen molar-refractivity contribution in [1.82, 2.24) is 0 Å². The summed E-state index contributed by atoms with van der Waals surface area (Å²) in [6.45, 7) is 2.20. The zero-order valence-electron chi connectivity index (χ0n) is 11.4. The van der Waals surface area contributed by atoms with Crippen molar-refractivity contribution in [2.24, 2.45) is 5.92 Å². The van der Waals surface area contributed by atoms with Crippen molar-refractivity contribution in [1.29, 1.82) is 0 Å². The minimum Gasteiger partial charge on any atom is -0.497 e. The summed E-state index contributed by atoms with van der Waals surface area (Å²) in [5.74, 6) is 2.02. The zero-order chi connectivity index (χ0) is 13.2. The number of hydrogen-bond donors (Lipinski definition) is 1. The first-order valence-electron chi connectivity index (χ1n) is 6.53. The van der Waals surface area contributed by atoms with Crippen LogP contribution in [0.2, 0.25) is 0 Å². The molecule has 0 amide bonds. The molecule has 1 aliphatic carbocycles. The van der Waals surface area contributed by atoms with Gasteiger partial charge >= 0.3 is 0 Å². The Hall–Kier alpha value is -1.22. The first-order chi connectivity index (χ1) is 8.57. The minimum absolute atomic E-state index is 0.556. The van der Waals surface area contributed by atoms with Gasteiger partial charge in [0.05, 0.1) is 19.8 Å². The second kappa shape index (κ2) is 5.19. The highest BCUT2D eigenvalue weighted by molar-refractivity contribution is 5.41. The maximum Gasteiger partial charge on any atom is 0.122 e. The number of rotatable bonds is 3. The van der Waals surface area contributed by atoms with E-state index < -0.39 is 5.60 Å². The fourth-order valence-corrected chi connectivity index (χ4v) is 2.86. The fraction of sp³-hybridized carbons (Fsp3) is 0.600. The van der Waals surface area contributed by atoms with Gasteiger partial charge < -0.3 is 14.6 Å². The smallest absolute Gasteiger partial charge is 0.122 e. The molecule has 2 atom stereocenters. The summed E-state index contributed by atoms with van der Waals surface area (Å²) < 4.78 is 10.5. The molecule has 1 aromatic rings. The van der Waals surface area contributed by atoms with E-state index in [2.05, 4.69) is 6.92 Å². The van der Waals surface area contributed by atoms with Crippen molar-refractivity contribution < 1.29 is 14.6 Å². The molecule has 0 bridgehead atoms. The third-order valence-corrected chi connectivity index (χ3v) is 3.86. The van der Waals surface area contributed by atoms with Gasteiger partial charge in [0.1, 0.15) is 11.5 Å². The second-order valence-corrected chi connectivity index (χ2v) is 5.33. The van der Waals surface area contributed by atoms with Gasteiger partial charge in [-0.05, 0) is 42.9 Å². The normalized spacial score (nSPS) is 27.9. The Balaban J connectivity index is 2.36. The lowest BCUT2D eigenvalue weighted by molar-refractivity contribution is -0.0181. The minimum atomic E-state index is -0.737. The maximum atomic E-state index is 10.8. The Bertz CT molecular complexity index is 394. The summed E-state index contributed by atoms with van der Waals surface area (Å²) >= 11 is 0. The quantitative estimate of drug-likeness (QED) is 0.896. The van der Waals surface area contributed by atoms with E-state index in [9.17, 15) is 5.11 Å². The van der Waals surface area contributed by atoms with Gasteiger partial charge in [0.15, 0.2) is 0 Å². The van der Waals surface area contributed by atoms with Crippen molar-refractivity contribution in [2.45, 2.75) is 38.2 Å². The molecule has 3 heteroatoms. The van der Waals surface area contributed by atoms with Crippen LogP contribution in [0.1, 0.15) is 38.2 Å². The zero-order valence-corrected chi connectivity index (χ0v) is 11.4. The lowest BCUT2D eigenvalue weighted by atomic mass is 9.75. The molecule has 3 nitrogen and oxygen atoms in total. The van der Waals surface area contributed by atoms with E-state index in [0.717, 1.165) is 36.3 Å². The number of aliphatic hydroxyl groups is 1. The van der Waals surface area contributed by atoms with Gasteiger partial charge in [0, 0.05) is 6.07 Å². The number of benzene rings is 1. The molecule has 1 fully saturated rings. The Morgan fingerprint density at radius 3 is 2.28 bits per heavy atom. The standard InChI is InChI=1S/C15H22O3/c1-11-5-4-6-15(16,10-11)12-7-13(17-2)9-14(8-12)18-3/h7-9,11,16H,4-6,10H2,1-3H3. The van der Waals surface area contributed by atoms with E-state index in [1.165, 1.54) is 6.42 Å². The summed E-state index contributed by atoms with van der Waals surface area (Å²) in [6, 6.07) is 5.67. The largest absolute Gasteiger partial charge is 0.497 e. The number of hydrogen-bond acceptors (Lipinski definition) is 3. The molecule has 0 radical (unpaired) electrons. The third kappa shape index (κ3) is 2.61. The molecule has 0 aromatic heterocycles. The molecule has 18 heavy (non-hydrogen) atoms. The van der Waals surface area contributed by atoms with Crippen LogP contribution in [0.15, 0.2) is 18.2 Å². The molecular formula is C15H22O3. The molecule has 0 saturated heterocycles. The van der Waals surface area contributed by atoms with Crippen LogP contribution < -0.4 is 9.47 Å². The van der Waals surface area contributed by atoms with Crippen molar-refractivity contribution in [2.75, 3.05) is 14.2 Å². The van der Waals surface area contributed by atoms with Crippen LogP contribution in [-0.2, 0) is 5.60 Å². The summed E-state index contributed by atoms with van der Waals surface area (Å²) in [6.07, 6.45) is 3.89. The lowest BCUT2D eigenvalue weighted by Crippen LogP contribution is -2.31. The lowest BCUT2D eigenvalue weighted by Gasteiger charge is -2.36. The summed E-state index contributed by atoms with van der Waals surface area (Å²) in [5.41, 5.74) is 0.171. The highest BCUT2D eigenvalue weighted by Crippen LogP contribution is 2.41. The van der Waals surface area contributed by atoms with Crippen molar-refractivity contribution in [3.05, 3.63) is 23.8 Å². The highest BCUT2D eigenvalue weighted by Gasteiger charge is 2.34. The predicted octanol–water partition coefficient (Wildman–Crippen LogP) is 3.10. The molecule has 0 heterocycles. The molecule has 0 aliphatic heterocycles. The summed E-state index contributed by atoms with van der Waals surface area (Å²) in [5, 5.41) is 10.8. The van der Waals surface area contributed by atoms with Gasteiger partial charge in [-0.25, -0.2) is 0 Å². The Labute approximate surface area is 109 Å². The van der Waals surface area contributed by atoms with Gasteiger partial charge in [0.25, 0.3) is 0 Å². The highest BCUT2D eigenvalue weighted by atomic mass is 16.5. The SMILES string of the molecule is COc1cc(OC)cc(C2(O)CCCC(C)C2)c1. The van der Waals surface area contributed by atoms with Crippen molar-refractivity contribution >= 4 is 0 Å². The van der Waals surface area contributed by atoms with E-state index in [1.807, 2.05) is 18.2 Å². The first-order valence-corrected chi connectivity index (χ1v) is 6.53. The molecule has 2 unspecified atom stereocenters. The van der Waals surface area contributed by atoms with Crippen LogP contribution in [0.4, 0.5) is 0 Å². The molecule has 1 aromatic carbocycles. The average molecular weight is 250 g/mol. The van der Waals surface area contributed by atoms with Gasteiger partial charge in [-0.2, -0.15) is 0 Å². The molecule has 2 rings (SSSR count). The predicted molar refractivity (Wildman–Crippen MR) is 71.1 cm³/mol. The van der Waals surface area contributed by atoms with Gasteiger partial charge in [0.2, 0.25) is 0 Å². The van der Waals surface area contributed by atoms with E-state index in [4.69, 9.17) is 9.47 Å². The van der Waals surface area contributed by atoms with Gasteiger partial charge in [-0.3, -0.25) is 0 Å². The van der Waals surface area contributed by atoms with Crippen LogP contribution >= 0.6 is 0 Å². The van der Waals surface area contributed by atoms with Gasteiger partial charge in [-0.1, -0.05) is 13.3 Å². The first kappa shape index (κ1) is 13.2. The molecule has 1 saturated carbocycles. The number of ether oxygens (including phenoxy) is 2. The average Bonchev–Trinajstić information content (AvgIpc) is 2.37. The number of methoxy groups -OCH3 is 2. The van der Waals surface area contributed by atoms with Crippen molar-refractivity contribution in [3.8, 4) is 11.5 Å². The van der Waals surface area contributed by atoms with E-state index in [1.54, 1.807) is 14.2 Å². The van der Waals surface area contributed by atoms with E-state index >= 15 is 0 Å². The van der Waals surface area contributed by atoms with Crippen LogP contribution in [0, 0.1) is 5.92 Å². The molecular weight excluding hydrogens is 228 g/mol. The fourth-order valence-electron chi connectivity index (χ4n) is 2.86. The van der Waals surface area contributed by atoms with E-state index in [0.29, 0.717) is 5.92 Å². The van der Waals surface area contributed by atoms with Gasteiger partial charge in [-0.15, -0.1) is 0 Å². The topological polar surface area (TPSA) is 38.7 Å². The molecule has 1 N–H and O–H groups in total. The summed E-state index contributed by atoms with van der Waals surface area (Å²) in [7, 11) is 3.26. The summed E-state index contributed by atoms with van der Waals surface area (Å²) in [4.78, 5) is 0. The van der Waals surface area contributed by atoms with E-state index in [-0.39, 0.29) is 0 Å². The molecule has 1 aliphatic rings. The molecule has 100 valence electrons. The van der Waals surface area contributed by atoms with Crippen molar-refractivity contribution in [3.63, 3.8) is 0 Å². The monoisotopic (exact) mass is 250 g/mol. The third-order valence-electron chi connectivity index (χ3n) is 3.86. The second-order valence-electron chi connectivity index (χ2n) is 5.33. The Morgan fingerprint density at radius 2 is 1.78 bits per heavy atom. The Morgan fingerprint density at radius 1 is 1.17 bits per heavy atom. The van der Waals surface area contributed by atoms with Crippen LogP contribution in [0.3, 0.4) is 0 Å². The Kier molecular flexibility index (Phi) is 3.81. The van der Waals surface area contributed by atoms with Crippen LogP contribution in [0.5, 0.6) is 11.5 Å². The molecule has 0 spiro atoms. The van der Waals surface area contributed by atoms with Crippen LogP contribution in [-0.4, -0.2) is 19.3 Å².